The van der Waals surface area contributed by atoms with Crippen molar-refractivity contribution < 1.29 is 23.8 Å². The van der Waals surface area contributed by atoms with E-state index in [-0.39, 0.29) is 23.5 Å². The summed E-state index contributed by atoms with van der Waals surface area (Å²) in [5.74, 6) is -0.790. The van der Waals surface area contributed by atoms with E-state index >= 15 is 0 Å². The highest BCUT2D eigenvalue weighted by molar-refractivity contribution is 5.93. The van der Waals surface area contributed by atoms with Crippen LogP contribution in [0.15, 0.2) is 40.8 Å². The number of carbonyl (C=O) groups is 2. The summed E-state index contributed by atoms with van der Waals surface area (Å²) in [7, 11) is 1.63. The number of likely N-dealkylation sites (tertiary alicyclic amines) is 1. The lowest BCUT2D eigenvalue weighted by Crippen LogP contribution is -2.36. The molecule has 1 aromatic heterocycles. The Labute approximate surface area is 139 Å². The van der Waals surface area contributed by atoms with Gasteiger partial charge in [0.1, 0.15) is 5.75 Å². The molecule has 1 saturated heterocycles. The maximum absolute atomic E-state index is 12.6. The van der Waals surface area contributed by atoms with E-state index in [0.29, 0.717) is 13.0 Å². The zero-order chi connectivity index (χ0) is 17.1. The van der Waals surface area contributed by atoms with Gasteiger partial charge in [-0.3, -0.25) is 4.79 Å². The van der Waals surface area contributed by atoms with Crippen LogP contribution in [0.4, 0.5) is 0 Å². The first-order valence-electron chi connectivity index (χ1n) is 7.86. The molecule has 0 aliphatic carbocycles. The Morgan fingerprint density at radius 2 is 2.00 bits per heavy atom. The minimum absolute atomic E-state index is 0.0483. The number of methoxy groups -OCH3 is 1. The average molecular weight is 329 g/mol. The maximum Gasteiger partial charge on any atom is 0.371 e. The van der Waals surface area contributed by atoms with Crippen LogP contribution in [0.25, 0.3) is 0 Å². The summed E-state index contributed by atoms with van der Waals surface area (Å²) in [4.78, 5) is 25.3. The quantitative estimate of drug-likeness (QED) is 0.912. The van der Waals surface area contributed by atoms with Crippen LogP contribution in [-0.4, -0.2) is 41.6 Å². The van der Waals surface area contributed by atoms with Crippen molar-refractivity contribution in [3.8, 4) is 5.75 Å². The molecule has 0 spiro atoms. The Morgan fingerprint density at radius 3 is 2.71 bits per heavy atom. The molecule has 0 radical (unpaired) electrons. The number of carboxylic acid groups (broad SMARTS) is 1. The van der Waals surface area contributed by atoms with E-state index in [1.807, 2.05) is 24.3 Å². The Hall–Kier alpha value is -2.76. The third kappa shape index (κ3) is 3.13. The summed E-state index contributed by atoms with van der Waals surface area (Å²) >= 11 is 0. The Bertz CT molecular complexity index is 751. The minimum atomic E-state index is -1.18. The fraction of sp³-hybridized carbons (Fsp3) is 0.333. The molecular formula is C18H19NO5. The summed E-state index contributed by atoms with van der Waals surface area (Å²) in [6, 6.07) is 10.5. The zero-order valence-corrected chi connectivity index (χ0v) is 13.4. The van der Waals surface area contributed by atoms with Crippen molar-refractivity contribution >= 4 is 11.9 Å². The number of aromatic carboxylic acids is 1. The Kier molecular flexibility index (Phi) is 4.55. The van der Waals surface area contributed by atoms with Gasteiger partial charge in [-0.1, -0.05) is 18.2 Å². The summed E-state index contributed by atoms with van der Waals surface area (Å²) in [5, 5.41) is 8.92. The number of amides is 1. The van der Waals surface area contributed by atoms with Crippen LogP contribution in [0, 0.1) is 0 Å². The normalized spacial score (nSPS) is 17.0. The number of carbonyl (C=O) groups excluding carboxylic acids is 1. The van der Waals surface area contributed by atoms with Gasteiger partial charge in [-0.05, 0) is 43.0 Å². The van der Waals surface area contributed by atoms with Gasteiger partial charge in [0.25, 0.3) is 5.91 Å². The van der Waals surface area contributed by atoms with Gasteiger partial charge in [0.15, 0.2) is 5.76 Å². The molecule has 126 valence electrons. The number of rotatable bonds is 5. The van der Waals surface area contributed by atoms with Crippen LogP contribution in [0.5, 0.6) is 5.75 Å². The van der Waals surface area contributed by atoms with Crippen molar-refractivity contribution in [1.29, 1.82) is 0 Å². The van der Waals surface area contributed by atoms with Gasteiger partial charge in [-0.25, -0.2) is 4.79 Å². The second kappa shape index (κ2) is 6.78. The fourth-order valence-electron chi connectivity index (χ4n) is 3.15. The topological polar surface area (TPSA) is 80.0 Å². The zero-order valence-electron chi connectivity index (χ0n) is 13.4. The number of hydrogen-bond acceptors (Lipinski definition) is 4. The molecule has 1 aliphatic heterocycles. The van der Waals surface area contributed by atoms with Crippen LogP contribution in [0.1, 0.15) is 39.5 Å². The molecule has 0 bridgehead atoms. The number of benzene rings is 1. The third-order valence-corrected chi connectivity index (χ3v) is 4.31. The number of furan rings is 1. The van der Waals surface area contributed by atoms with E-state index < -0.39 is 5.97 Å². The molecule has 1 atom stereocenters. The van der Waals surface area contributed by atoms with E-state index in [2.05, 4.69) is 0 Å². The first-order valence-corrected chi connectivity index (χ1v) is 7.86. The van der Waals surface area contributed by atoms with Crippen LogP contribution in [-0.2, 0) is 6.42 Å². The van der Waals surface area contributed by atoms with Crippen LogP contribution < -0.4 is 4.74 Å². The summed E-state index contributed by atoms with van der Waals surface area (Å²) < 4.78 is 10.5. The van der Waals surface area contributed by atoms with E-state index in [9.17, 15) is 9.59 Å². The molecule has 1 aliphatic rings. The summed E-state index contributed by atoms with van der Waals surface area (Å²) in [5.41, 5.74) is 1.05. The molecule has 1 amide bonds. The lowest BCUT2D eigenvalue weighted by molar-refractivity contribution is 0.0646. The lowest BCUT2D eigenvalue weighted by Gasteiger charge is -2.24. The number of hydrogen-bond donors (Lipinski definition) is 1. The van der Waals surface area contributed by atoms with Crippen LogP contribution in [0.3, 0.4) is 0 Å². The van der Waals surface area contributed by atoms with E-state index in [1.165, 1.54) is 12.1 Å². The number of ether oxygens (including phenoxy) is 1. The molecule has 6 nitrogen and oxygen atoms in total. The largest absolute Gasteiger partial charge is 0.496 e. The van der Waals surface area contributed by atoms with Crippen molar-refractivity contribution in [2.24, 2.45) is 0 Å². The molecule has 2 aromatic rings. The van der Waals surface area contributed by atoms with Crippen molar-refractivity contribution in [3.63, 3.8) is 0 Å². The number of para-hydroxylation sites is 1. The van der Waals surface area contributed by atoms with E-state index in [4.69, 9.17) is 14.3 Å². The predicted octanol–water partition coefficient (Wildman–Crippen LogP) is 2.83. The molecule has 0 saturated carbocycles. The third-order valence-electron chi connectivity index (χ3n) is 4.31. The van der Waals surface area contributed by atoms with Gasteiger partial charge in [-0.2, -0.15) is 0 Å². The highest BCUT2D eigenvalue weighted by atomic mass is 16.5. The van der Waals surface area contributed by atoms with Gasteiger partial charge < -0.3 is 19.2 Å². The van der Waals surface area contributed by atoms with Crippen molar-refractivity contribution in [3.05, 3.63) is 53.5 Å². The van der Waals surface area contributed by atoms with Crippen LogP contribution >= 0.6 is 0 Å². The predicted molar refractivity (Wildman–Crippen MR) is 86.4 cm³/mol. The molecule has 1 aromatic carbocycles. The molecule has 0 unspecified atom stereocenters. The fourth-order valence-corrected chi connectivity index (χ4v) is 3.15. The standard InChI is InChI=1S/C18H19NO5/c1-23-14-7-3-2-5-12(14)11-13-6-4-10-19(13)17(20)15-8-9-16(24-15)18(21)22/h2-3,5,7-9,13H,4,6,10-11H2,1H3,(H,21,22)/t13-/m0/s1. The molecule has 6 heteroatoms. The maximum atomic E-state index is 12.6. The van der Waals surface area contributed by atoms with Crippen molar-refractivity contribution in [2.45, 2.75) is 25.3 Å². The molecule has 1 N–H and O–H groups in total. The molecule has 2 heterocycles. The van der Waals surface area contributed by atoms with E-state index in [0.717, 1.165) is 24.2 Å². The second-order valence-electron chi connectivity index (χ2n) is 5.78. The van der Waals surface area contributed by atoms with Crippen LogP contribution in [0.2, 0.25) is 0 Å². The lowest BCUT2D eigenvalue weighted by atomic mass is 10.0. The van der Waals surface area contributed by atoms with Gasteiger partial charge in [0, 0.05) is 12.6 Å². The van der Waals surface area contributed by atoms with Crippen molar-refractivity contribution in [1.82, 2.24) is 4.90 Å². The molecule has 24 heavy (non-hydrogen) atoms. The molecule has 1 fully saturated rings. The monoisotopic (exact) mass is 329 g/mol. The smallest absolute Gasteiger partial charge is 0.371 e. The number of nitrogens with zero attached hydrogens (tertiary/aromatic N) is 1. The Balaban J connectivity index is 1.77. The van der Waals surface area contributed by atoms with E-state index in [1.54, 1.807) is 12.0 Å². The molecular weight excluding hydrogens is 310 g/mol. The van der Waals surface area contributed by atoms with Gasteiger partial charge in [-0.15, -0.1) is 0 Å². The van der Waals surface area contributed by atoms with Gasteiger partial charge in [0.2, 0.25) is 5.76 Å². The molecule has 3 rings (SSSR count). The van der Waals surface area contributed by atoms with Gasteiger partial charge >= 0.3 is 5.97 Å². The highest BCUT2D eigenvalue weighted by Gasteiger charge is 2.32. The van der Waals surface area contributed by atoms with Gasteiger partial charge in [0.05, 0.1) is 7.11 Å². The summed E-state index contributed by atoms with van der Waals surface area (Å²) in [6.07, 6.45) is 2.51. The second-order valence-corrected chi connectivity index (χ2v) is 5.78. The highest BCUT2D eigenvalue weighted by Crippen LogP contribution is 2.27. The minimum Gasteiger partial charge on any atom is -0.496 e. The summed E-state index contributed by atoms with van der Waals surface area (Å²) in [6.45, 7) is 0.641. The first-order chi connectivity index (χ1) is 11.6. The SMILES string of the molecule is COc1ccccc1C[C@@H]1CCCN1C(=O)c1ccc(C(=O)O)o1. The average Bonchev–Trinajstić information content (AvgIpc) is 3.24. The number of carboxylic acids is 1. The van der Waals surface area contributed by atoms with Crippen molar-refractivity contribution in [2.75, 3.05) is 13.7 Å². The first kappa shape index (κ1) is 16.1. The Morgan fingerprint density at radius 1 is 1.25 bits per heavy atom.